The van der Waals surface area contributed by atoms with Crippen LogP contribution in [0.1, 0.15) is 32.4 Å². The maximum atomic E-state index is 13.8. The van der Waals surface area contributed by atoms with Gasteiger partial charge in [-0.1, -0.05) is 18.2 Å². The molecule has 0 spiro atoms. The van der Waals surface area contributed by atoms with Crippen molar-refractivity contribution in [1.82, 2.24) is 10.4 Å². The van der Waals surface area contributed by atoms with E-state index >= 15 is 0 Å². The van der Waals surface area contributed by atoms with Crippen molar-refractivity contribution in [3.63, 3.8) is 0 Å². The average Bonchev–Trinajstić information content (AvgIpc) is 2.79. The molecule has 1 aliphatic rings. The summed E-state index contributed by atoms with van der Waals surface area (Å²) in [4.78, 5) is 11.9. The van der Waals surface area contributed by atoms with E-state index in [1.807, 2.05) is 6.92 Å². The number of amides is 1. The lowest BCUT2D eigenvalue weighted by Gasteiger charge is -2.30. The summed E-state index contributed by atoms with van der Waals surface area (Å²) in [5.74, 6) is 0.266. The SMILES string of the molecule is CCOc1ccc2cc(C(N3CC(C)(C)C(=O)N3)C(F)(F)F)ccc2c1. The zero-order valence-electron chi connectivity index (χ0n) is 14.9. The fraction of sp³-hybridized carbons (Fsp3) is 0.421. The summed E-state index contributed by atoms with van der Waals surface area (Å²) in [7, 11) is 0. The quantitative estimate of drug-likeness (QED) is 0.881. The van der Waals surface area contributed by atoms with Gasteiger partial charge in [-0.3, -0.25) is 10.2 Å². The highest BCUT2D eigenvalue weighted by molar-refractivity contribution is 5.85. The van der Waals surface area contributed by atoms with Crippen molar-refractivity contribution >= 4 is 16.7 Å². The van der Waals surface area contributed by atoms with Gasteiger partial charge in [-0.25, -0.2) is 5.01 Å². The van der Waals surface area contributed by atoms with Crippen molar-refractivity contribution in [1.29, 1.82) is 0 Å². The maximum Gasteiger partial charge on any atom is 0.409 e. The first-order chi connectivity index (χ1) is 12.1. The molecule has 1 unspecified atom stereocenters. The first-order valence-corrected chi connectivity index (χ1v) is 8.43. The average molecular weight is 366 g/mol. The van der Waals surface area contributed by atoms with Gasteiger partial charge in [-0.15, -0.1) is 0 Å². The molecule has 2 aromatic rings. The van der Waals surface area contributed by atoms with Gasteiger partial charge in [0.2, 0.25) is 5.91 Å². The number of nitrogens with one attached hydrogen (secondary N) is 1. The van der Waals surface area contributed by atoms with Crippen molar-refractivity contribution in [3.8, 4) is 5.75 Å². The number of benzene rings is 2. The predicted octanol–water partition coefficient (Wildman–Crippen LogP) is 4.21. The Morgan fingerprint density at radius 3 is 2.42 bits per heavy atom. The second kappa shape index (κ2) is 6.46. The number of hydrogen-bond donors (Lipinski definition) is 1. The molecule has 26 heavy (non-hydrogen) atoms. The fourth-order valence-electron chi connectivity index (χ4n) is 3.19. The van der Waals surface area contributed by atoms with Crippen LogP contribution in [0, 0.1) is 5.41 Å². The number of alkyl halides is 3. The van der Waals surface area contributed by atoms with Crippen molar-refractivity contribution in [2.45, 2.75) is 33.0 Å². The summed E-state index contributed by atoms with van der Waals surface area (Å²) in [5, 5.41) is 2.47. The second-order valence-corrected chi connectivity index (χ2v) is 7.10. The third-order valence-electron chi connectivity index (χ3n) is 4.51. The molecule has 4 nitrogen and oxygen atoms in total. The lowest BCUT2D eigenvalue weighted by atomic mass is 9.93. The molecule has 0 bridgehead atoms. The van der Waals surface area contributed by atoms with Gasteiger partial charge in [-0.2, -0.15) is 13.2 Å². The Balaban J connectivity index is 1.99. The monoisotopic (exact) mass is 366 g/mol. The Morgan fingerprint density at radius 1 is 1.19 bits per heavy atom. The topological polar surface area (TPSA) is 41.6 Å². The molecule has 1 heterocycles. The fourth-order valence-corrected chi connectivity index (χ4v) is 3.19. The van der Waals surface area contributed by atoms with Crippen molar-refractivity contribution in [2.24, 2.45) is 5.41 Å². The molecule has 1 atom stereocenters. The number of rotatable bonds is 4. The molecule has 7 heteroatoms. The number of nitrogens with zero attached hydrogens (tertiary/aromatic N) is 1. The Bertz CT molecular complexity index is 833. The summed E-state index contributed by atoms with van der Waals surface area (Å²) in [6.07, 6.45) is -4.52. The minimum atomic E-state index is -4.52. The minimum Gasteiger partial charge on any atom is -0.494 e. The van der Waals surface area contributed by atoms with Crippen molar-refractivity contribution in [3.05, 3.63) is 42.0 Å². The van der Waals surface area contributed by atoms with Gasteiger partial charge >= 0.3 is 6.18 Å². The van der Waals surface area contributed by atoms with Crippen LogP contribution in [0.25, 0.3) is 10.8 Å². The zero-order chi connectivity index (χ0) is 19.1. The smallest absolute Gasteiger partial charge is 0.409 e. The minimum absolute atomic E-state index is 0.0165. The Morgan fingerprint density at radius 2 is 1.85 bits per heavy atom. The van der Waals surface area contributed by atoms with E-state index in [1.165, 1.54) is 12.1 Å². The largest absolute Gasteiger partial charge is 0.494 e. The van der Waals surface area contributed by atoms with Crippen LogP contribution in [0.3, 0.4) is 0 Å². The van der Waals surface area contributed by atoms with E-state index < -0.39 is 23.5 Å². The third-order valence-corrected chi connectivity index (χ3v) is 4.51. The number of halogens is 3. The van der Waals surface area contributed by atoms with Crippen LogP contribution in [-0.4, -0.2) is 30.2 Å². The van der Waals surface area contributed by atoms with Crippen LogP contribution in [0.5, 0.6) is 5.75 Å². The van der Waals surface area contributed by atoms with E-state index in [2.05, 4.69) is 5.43 Å². The van der Waals surface area contributed by atoms with Gasteiger partial charge in [0.15, 0.2) is 0 Å². The summed E-state index contributed by atoms with van der Waals surface area (Å²) >= 11 is 0. The zero-order valence-corrected chi connectivity index (χ0v) is 14.9. The molecular weight excluding hydrogens is 345 g/mol. The molecule has 3 rings (SSSR count). The van der Waals surface area contributed by atoms with Crippen LogP contribution < -0.4 is 10.2 Å². The van der Waals surface area contributed by atoms with Crippen LogP contribution in [0.15, 0.2) is 36.4 Å². The standard InChI is InChI=1S/C19H21F3N2O2/c1-4-26-15-8-7-12-9-14(6-5-13(12)10-15)16(19(20,21)22)24-11-18(2,3)17(25)23-24/h5-10,16H,4,11H2,1-3H3,(H,23,25). The Labute approximate surface area is 149 Å². The molecule has 1 N–H and O–H groups in total. The predicted molar refractivity (Wildman–Crippen MR) is 92.5 cm³/mol. The van der Waals surface area contributed by atoms with E-state index in [4.69, 9.17) is 4.74 Å². The summed E-state index contributed by atoms with van der Waals surface area (Å²) in [6, 6.07) is 7.99. The highest BCUT2D eigenvalue weighted by Gasteiger charge is 2.51. The van der Waals surface area contributed by atoms with Crippen LogP contribution in [0.4, 0.5) is 13.2 Å². The van der Waals surface area contributed by atoms with Gasteiger partial charge < -0.3 is 4.74 Å². The summed E-state index contributed by atoms with van der Waals surface area (Å²) < 4.78 is 46.8. The van der Waals surface area contributed by atoms with Crippen LogP contribution in [-0.2, 0) is 4.79 Å². The van der Waals surface area contributed by atoms with Crippen LogP contribution >= 0.6 is 0 Å². The third kappa shape index (κ3) is 3.49. The number of fused-ring (bicyclic) bond motifs is 1. The number of hydrogen-bond acceptors (Lipinski definition) is 3. The molecule has 1 amide bonds. The van der Waals surface area contributed by atoms with Gasteiger partial charge in [0, 0.05) is 6.54 Å². The van der Waals surface area contributed by atoms with Crippen LogP contribution in [0.2, 0.25) is 0 Å². The molecule has 1 fully saturated rings. The maximum absolute atomic E-state index is 13.8. The van der Waals surface area contributed by atoms with Gasteiger partial charge in [0.1, 0.15) is 11.8 Å². The van der Waals surface area contributed by atoms with E-state index in [1.54, 1.807) is 38.1 Å². The molecule has 0 saturated carbocycles. The van der Waals surface area contributed by atoms with Crippen molar-refractivity contribution in [2.75, 3.05) is 13.2 Å². The molecule has 1 aliphatic heterocycles. The molecule has 140 valence electrons. The highest BCUT2D eigenvalue weighted by Crippen LogP contribution is 2.41. The first-order valence-electron chi connectivity index (χ1n) is 8.43. The number of carbonyl (C=O) groups excluding carboxylic acids is 1. The van der Waals surface area contributed by atoms with E-state index in [0.29, 0.717) is 17.7 Å². The van der Waals surface area contributed by atoms with Gasteiger partial charge in [-0.05, 0) is 55.3 Å². The Hall–Kier alpha value is -2.28. The van der Waals surface area contributed by atoms with E-state index in [0.717, 1.165) is 10.4 Å². The summed E-state index contributed by atoms with van der Waals surface area (Å²) in [5.41, 5.74) is 1.60. The van der Waals surface area contributed by atoms with E-state index in [-0.39, 0.29) is 12.1 Å². The molecule has 0 aromatic heterocycles. The highest BCUT2D eigenvalue weighted by atomic mass is 19.4. The molecule has 0 radical (unpaired) electrons. The molecule has 1 saturated heterocycles. The summed E-state index contributed by atoms with van der Waals surface area (Å²) in [6.45, 7) is 5.63. The normalized spacial score (nSPS) is 18.8. The molecular formula is C19H21F3N2O2. The number of hydrazine groups is 1. The number of carbonyl (C=O) groups is 1. The lowest BCUT2D eigenvalue weighted by Crippen LogP contribution is -2.43. The van der Waals surface area contributed by atoms with Gasteiger partial charge in [0.25, 0.3) is 0 Å². The second-order valence-electron chi connectivity index (χ2n) is 7.10. The lowest BCUT2D eigenvalue weighted by molar-refractivity contribution is -0.191. The Kier molecular flexibility index (Phi) is 4.60. The first kappa shape index (κ1) is 18.5. The molecule has 0 aliphatic carbocycles. The molecule has 2 aromatic carbocycles. The van der Waals surface area contributed by atoms with Crippen molar-refractivity contribution < 1.29 is 22.7 Å². The van der Waals surface area contributed by atoms with E-state index in [9.17, 15) is 18.0 Å². The van der Waals surface area contributed by atoms with Gasteiger partial charge in [0.05, 0.1) is 12.0 Å². The number of ether oxygens (including phenoxy) is 1.